The van der Waals surface area contributed by atoms with E-state index in [1.807, 2.05) is 33.8 Å². The Balaban J connectivity index is 2.71. The molecule has 0 fully saturated rings. The third-order valence-corrected chi connectivity index (χ3v) is 2.75. The van der Waals surface area contributed by atoms with Gasteiger partial charge in [0.2, 0.25) is 0 Å². The number of ether oxygens (including phenoxy) is 1. The van der Waals surface area contributed by atoms with Crippen molar-refractivity contribution in [2.24, 2.45) is 5.92 Å². The van der Waals surface area contributed by atoms with Gasteiger partial charge in [0.25, 0.3) is 0 Å². The molecule has 2 unspecified atom stereocenters. The van der Waals surface area contributed by atoms with Crippen molar-refractivity contribution < 1.29 is 14.6 Å². The third-order valence-electron chi connectivity index (χ3n) is 2.75. The minimum Gasteiger partial charge on any atom is -0.444 e. The molecule has 0 aromatic heterocycles. The number of nitrogens with zero attached hydrogens (tertiary/aromatic N) is 1. The quantitative estimate of drug-likeness (QED) is 0.677. The first kappa shape index (κ1) is 15.0. The molecule has 0 saturated carbocycles. The van der Waals surface area contributed by atoms with Gasteiger partial charge in [-0.3, -0.25) is 0 Å². The number of amides is 1. The van der Waals surface area contributed by atoms with Crippen LogP contribution in [0.2, 0.25) is 0 Å². The zero-order valence-electron chi connectivity index (χ0n) is 12.1. The Kier molecular flexibility index (Phi) is 4.43. The van der Waals surface area contributed by atoms with E-state index in [4.69, 9.17) is 4.74 Å². The van der Waals surface area contributed by atoms with E-state index in [9.17, 15) is 9.90 Å². The van der Waals surface area contributed by atoms with Crippen LogP contribution < -0.4 is 0 Å². The van der Waals surface area contributed by atoms with E-state index >= 15 is 0 Å². The van der Waals surface area contributed by atoms with Crippen molar-refractivity contribution in [3.8, 4) is 0 Å². The summed E-state index contributed by atoms with van der Waals surface area (Å²) in [6.07, 6.45) is 3.94. The number of hydrogen-bond donors (Lipinski definition) is 1. The lowest BCUT2D eigenvalue weighted by molar-refractivity contribution is 0.0184. The van der Waals surface area contributed by atoms with Crippen LogP contribution in [-0.2, 0) is 4.74 Å². The van der Waals surface area contributed by atoms with E-state index in [0.29, 0.717) is 19.5 Å². The van der Waals surface area contributed by atoms with Crippen molar-refractivity contribution in [1.29, 1.82) is 0 Å². The van der Waals surface area contributed by atoms with Gasteiger partial charge in [0.1, 0.15) is 5.60 Å². The largest absolute Gasteiger partial charge is 0.444 e. The number of carbonyl (C=O) groups is 1. The molecule has 0 spiro atoms. The summed E-state index contributed by atoms with van der Waals surface area (Å²) in [6.45, 7) is 10.5. The predicted octanol–water partition coefficient (Wildman–Crippen LogP) is 2.57. The average molecular weight is 255 g/mol. The molecule has 0 radical (unpaired) electrons. The van der Waals surface area contributed by atoms with E-state index < -0.39 is 11.2 Å². The second-order valence-electron chi connectivity index (χ2n) is 6.45. The first-order valence-electron chi connectivity index (χ1n) is 6.47. The normalized spacial score (nSPS) is 31.4. The maximum Gasteiger partial charge on any atom is 0.410 e. The minimum atomic E-state index is -0.778. The van der Waals surface area contributed by atoms with Crippen LogP contribution in [-0.4, -0.2) is 40.4 Å². The molecule has 0 saturated heterocycles. The summed E-state index contributed by atoms with van der Waals surface area (Å²) in [5, 5.41) is 10.0. The van der Waals surface area contributed by atoms with Crippen LogP contribution in [0.15, 0.2) is 12.2 Å². The minimum absolute atomic E-state index is 0.234. The van der Waals surface area contributed by atoms with Crippen molar-refractivity contribution in [1.82, 2.24) is 4.90 Å². The molecule has 1 heterocycles. The molecular weight excluding hydrogens is 230 g/mol. The molecule has 104 valence electrons. The lowest BCUT2D eigenvalue weighted by atomic mass is 9.91. The van der Waals surface area contributed by atoms with E-state index in [1.54, 1.807) is 17.9 Å². The Hall–Kier alpha value is -1.03. The van der Waals surface area contributed by atoms with Crippen LogP contribution in [0.5, 0.6) is 0 Å². The smallest absolute Gasteiger partial charge is 0.410 e. The summed E-state index contributed by atoms with van der Waals surface area (Å²) in [5.41, 5.74) is -1.25. The van der Waals surface area contributed by atoms with Crippen LogP contribution in [0.3, 0.4) is 0 Å². The molecule has 4 heteroatoms. The molecule has 1 rings (SSSR count). The van der Waals surface area contributed by atoms with Crippen LogP contribution in [0.25, 0.3) is 0 Å². The highest BCUT2D eigenvalue weighted by atomic mass is 16.6. The highest BCUT2D eigenvalue weighted by molar-refractivity contribution is 5.68. The third kappa shape index (κ3) is 5.08. The number of rotatable bonds is 0. The maximum atomic E-state index is 12.0. The zero-order valence-corrected chi connectivity index (χ0v) is 12.1. The highest BCUT2D eigenvalue weighted by Crippen LogP contribution is 2.22. The fourth-order valence-electron chi connectivity index (χ4n) is 2.20. The van der Waals surface area contributed by atoms with Gasteiger partial charge in [-0.25, -0.2) is 4.79 Å². The van der Waals surface area contributed by atoms with E-state index in [0.717, 1.165) is 0 Å². The first-order valence-corrected chi connectivity index (χ1v) is 6.47. The van der Waals surface area contributed by atoms with Crippen molar-refractivity contribution >= 4 is 6.09 Å². The number of hydrogen-bond acceptors (Lipinski definition) is 3. The SMILES string of the molecule is CC1CN(C(=O)OC(C)(C)C)C/C=C\C(C)(O)C1. The summed E-state index contributed by atoms with van der Waals surface area (Å²) in [7, 11) is 0. The average Bonchev–Trinajstić information content (AvgIpc) is 2.09. The molecule has 0 aliphatic carbocycles. The van der Waals surface area contributed by atoms with Crippen molar-refractivity contribution in [2.45, 2.75) is 52.2 Å². The summed E-state index contributed by atoms with van der Waals surface area (Å²) < 4.78 is 5.36. The second kappa shape index (κ2) is 5.31. The fraction of sp³-hybridized carbons (Fsp3) is 0.786. The second-order valence-corrected chi connectivity index (χ2v) is 6.45. The Bertz CT molecular complexity index is 328. The lowest BCUT2D eigenvalue weighted by Crippen LogP contribution is -2.42. The van der Waals surface area contributed by atoms with Crippen molar-refractivity contribution in [2.75, 3.05) is 13.1 Å². The van der Waals surface area contributed by atoms with Gasteiger partial charge in [-0.1, -0.05) is 19.1 Å². The van der Waals surface area contributed by atoms with Gasteiger partial charge < -0.3 is 14.7 Å². The van der Waals surface area contributed by atoms with Crippen LogP contribution in [0.1, 0.15) is 41.0 Å². The predicted molar refractivity (Wildman–Crippen MR) is 71.4 cm³/mol. The molecule has 0 aromatic rings. The molecule has 1 amide bonds. The highest BCUT2D eigenvalue weighted by Gasteiger charge is 2.27. The zero-order chi connectivity index (χ0) is 14.0. The summed E-state index contributed by atoms with van der Waals surface area (Å²) in [4.78, 5) is 13.7. The van der Waals surface area contributed by atoms with E-state index in [1.165, 1.54) is 0 Å². The summed E-state index contributed by atoms with van der Waals surface area (Å²) >= 11 is 0. The monoisotopic (exact) mass is 255 g/mol. The molecule has 1 N–H and O–H groups in total. The lowest BCUT2D eigenvalue weighted by Gasteiger charge is -2.32. The first-order chi connectivity index (χ1) is 8.09. The Morgan fingerprint density at radius 1 is 1.50 bits per heavy atom. The van der Waals surface area contributed by atoms with Gasteiger partial charge in [0, 0.05) is 13.1 Å². The van der Waals surface area contributed by atoms with Crippen molar-refractivity contribution in [3.63, 3.8) is 0 Å². The molecule has 2 atom stereocenters. The molecule has 1 aliphatic heterocycles. The van der Waals surface area contributed by atoms with Gasteiger partial charge in [0.15, 0.2) is 0 Å². The number of aliphatic hydroxyl groups is 1. The van der Waals surface area contributed by atoms with E-state index in [2.05, 4.69) is 0 Å². The maximum absolute atomic E-state index is 12.0. The Morgan fingerprint density at radius 3 is 2.67 bits per heavy atom. The summed E-state index contributed by atoms with van der Waals surface area (Å²) in [5.74, 6) is 0.234. The molecule has 18 heavy (non-hydrogen) atoms. The van der Waals surface area contributed by atoms with Crippen LogP contribution in [0.4, 0.5) is 4.79 Å². The van der Waals surface area contributed by atoms with Gasteiger partial charge in [-0.2, -0.15) is 0 Å². The van der Waals surface area contributed by atoms with Gasteiger partial charge in [-0.05, 0) is 40.0 Å². The van der Waals surface area contributed by atoms with E-state index in [-0.39, 0.29) is 12.0 Å². The molecule has 0 aromatic carbocycles. The molecule has 4 nitrogen and oxygen atoms in total. The van der Waals surface area contributed by atoms with Crippen molar-refractivity contribution in [3.05, 3.63) is 12.2 Å². The van der Waals surface area contributed by atoms with Crippen LogP contribution >= 0.6 is 0 Å². The van der Waals surface area contributed by atoms with Gasteiger partial charge in [-0.15, -0.1) is 0 Å². The number of carbonyl (C=O) groups excluding carboxylic acids is 1. The Labute approximate surface area is 110 Å². The van der Waals surface area contributed by atoms with Gasteiger partial charge in [0.05, 0.1) is 5.60 Å². The molecule has 0 bridgehead atoms. The Morgan fingerprint density at radius 2 is 2.11 bits per heavy atom. The van der Waals surface area contributed by atoms with Gasteiger partial charge >= 0.3 is 6.09 Å². The topological polar surface area (TPSA) is 49.8 Å². The molecule has 1 aliphatic rings. The standard InChI is InChI=1S/C14H25NO3/c1-11-9-14(5,17)7-6-8-15(10-11)12(16)18-13(2,3)4/h6-7,11,17H,8-10H2,1-5H3/b7-6-. The fourth-order valence-corrected chi connectivity index (χ4v) is 2.20. The van der Waals surface area contributed by atoms with Crippen LogP contribution in [0, 0.1) is 5.92 Å². The molecular formula is C14H25NO3. The summed E-state index contributed by atoms with van der Waals surface area (Å²) in [6, 6.07) is 0.